The monoisotopic (exact) mass is 232 g/mol. The molecule has 0 radical (unpaired) electrons. The van der Waals surface area contributed by atoms with E-state index in [0.29, 0.717) is 5.78 Å². The minimum Gasteiger partial charge on any atom is -0.300 e. The molecule has 1 aliphatic rings. The Morgan fingerprint density at radius 2 is 1.69 bits per heavy atom. The second-order valence-electron chi connectivity index (χ2n) is 5.04. The number of hydrogen-bond donors (Lipinski definition) is 0. The lowest BCUT2D eigenvalue weighted by Gasteiger charge is -2.34. The van der Waals surface area contributed by atoms with E-state index in [4.69, 9.17) is 0 Å². The molecule has 2 rings (SSSR count). The van der Waals surface area contributed by atoms with E-state index in [9.17, 15) is 4.79 Å². The van der Waals surface area contributed by atoms with E-state index in [1.807, 2.05) is 0 Å². The lowest BCUT2D eigenvalue weighted by Crippen LogP contribution is -2.49. The molecule has 0 saturated carbocycles. The van der Waals surface area contributed by atoms with Crippen LogP contribution in [-0.2, 0) is 4.79 Å². The molecule has 1 aromatic carbocycles. The van der Waals surface area contributed by atoms with Crippen LogP contribution in [0.1, 0.15) is 25.3 Å². The van der Waals surface area contributed by atoms with Crippen LogP contribution in [0.2, 0.25) is 18.1 Å². The minimum atomic E-state index is -1.32. The van der Waals surface area contributed by atoms with Gasteiger partial charge in [-0.15, -0.1) is 0 Å². The summed E-state index contributed by atoms with van der Waals surface area (Å²) in [4.78, 5) is 11.4. The smallest absolute Gasteiger partial charge is 0.132 e. The Morgan fingerprint density at radius 1 is 1.12 bits per heavy atom. The largest absolute Gasteiger partial charge is 0.300 e. The van der Waals surface area contributed by atoms with Crippen molar-refractivity contribution in [3.05, 3.63) is 29.8 Å². The maximum absolute atomic E-state index is 11.4. The third-order valence-corrected chi connectivity index (χ3v) is 9.43. The lowest BCUT2D eigenvalue weighted by atomic mass is 10.2. The average Bonchev–Trinajstić information content (AvgIpc) is 2.32. The van der Waals surface area contributed by atoms with E-state index < -0.39 is 8.07 Å². The number of rotatable bonds is 2. The second kappa shape index (κ2) is 4.54. The van der Waals surface area contributed by atoms with Gasteiger partial charge in [0.15, 0.2) is 0 Å². The van der Waals surface area contributed by atoms with Crippen molar-refractivity contribution in [2.45, 2.75) is 44.8 Å². The summed E-state index contributed by atoms with van der Waals surface area (Å²) in [5.74, 6) is 0.476. The normalized spacial score (nSPS) is 19.8. The Morgan fingerprint density at radius 3 is 2.19 bits per heavy atom. The molecule has 1 aromatic rings. The van der Waals surface area contributed by atoms with Gasteiger partial charge in [-0.1, -0.05) is 48.0 Å². The molecule has 0 bridgehead atoms. The first-order chi connectivity index (χ1) is 7.66. The molecule has 1 aliphatic heterocycles. The van der Waals surface area contributed by atoms with E-state index in [2.05, 4.69) is 38.1 Å². The van der Waals surface area contributed by atoms with Crippen molar-refractivity contribution in [2.24, 2.45) is 0 Å². The van der Waals surface area contributed by atoms with Crippen LogP contribution in [0.15, 0.2) is 24.3 Å². The van der Waals surface area contributed by atoms with Crippen molar-refractivity contribution in [3.8, 4) is 0 Å². The maximum atomic E-state index is 11.4. The summed E-state index contributed by atoms with van der Waals surface area (Å²) in [6.45, 7) is 4.44. The Kier molecular flexibility index (Phi) is 3.29. The van der Waals surface area contributed by atoms with Crippen LogP contribution in [0.5, 0.6) is 0 Å². The first kappa shape index (κ1) is 11.6. The van der Waals surface area contributed by atoms with Gasteiger partial charge < -0.3 is 0 Å². The standard InChI is InChI=1S/C14H20OSi/c1-3-16(10-8-13(15)9-11-16)14-6-4-12(2)5-7-14/h4-7H,3,8-11H2,1-2H3. The van der Waals surface area contributed by atoms with Crippen molar-refractivity contribution in [3.63, 3.8) is 0 Å². The zero-order valence-corrected chi connectivity index (χ0v) is 11.3. The van der Waals surface area contributed by atoms with Gasteiger partial charge in [0.05, 0.1) is 8.07 Å². The van der Waals surface area contributed by atoms with Crippen LogP contribution in [-0.4, -0.2) is 13.9 Å². The number of carbonyl (C=O) groups is 1. The zero-order chi connectivity index (χ0) is 11.6. The van der Waals surface area contributed by atoms with E-state index in [1.165, 1.54) is 23.7 Å². The predicted molar refractivity (Wildman–Crippen MR) is 70.9 cm³/mol. The fourth-order valence-electron chi connectivity index (χ4n) is 2.76. The zero-order valence-electron chi connectivity index (χ0n) is 10.3. The Labute approximate surface area is 98.9 Å². The molecule has 0 unspecified atom stereocenters. The molecule has 1 heterocycles. The topological polar surface area (TPSA) is 17.1 Å². The van der Waals surface area contributed by atoms with Crippen molar-refractivity contribution in [1.29, 1.82) is 0 Å². The molecule has 0 aliphatic carbocycles. The summed E-state index contributed by atoms with van der Waals surface area (Å²) in [6.07, 6.45) is 1.65. The predicted octanol–water partition coefficient (Wildman–Crippen LogP) is 3.03. The molecule has 0 aromatic heterocycles. The summed E-state index contributed by atoms with van der Waals surface area (Å²) in [6, 6.07) is 12.7. The van der Waals surface area contributed by atoms with Crippen molar-refractivity contribution in [1.82, 2.24) is 0 Å². The van der Waals surface area contributed by atoms with Gasteiger partial charge in [0, 0.05) is 12.8 Å². The Hall–Kier alpha value is -0.893. The van der Waals surface area contributed by atoms with Gasteiger partial charge in [-0.2, -0.15) is 0 Å². The van der Waals surface area contributed by atoms with Crippen LogP contribution in [0.25, 0.3) is 0 Å². The highest BCUT2D eigenvalue weighted by atomic mass is 28.3. The molecular formula is C14H20OSi. The van der Waals surface area contributed by atoms with Gasteiger partial charge in [0.2, 0.25) is 0 Å². The summed E-state index contributed by atoms with van der Waals surface area (Å²) in [7, 11) is -1.32. The van der Waals surface area contributed by atoms with Crippen LogP contribution in [0, 0.1) is 6.92 Å². The van der Waals surface area contributed by atoms with Gasteiger partial charge >= 0.3 is 0 Å². The number of ketones is 1. The number of hydrogen-bond acceptors (Lipinski definition) is 1. The first-order valence-corrected chi connectivity index (χ1v) is 8.87. The Bertz CT molecular complexity index is 370. The summed E-state index contributed by atoms with van der Waals surface area (Å²) >= 11 is 0. The van der Waals surface area contributed by atoms with E-state index in [0.717, 1.165) is 12.8 Å². The number of carbonyl (C=O) groups excluding carboxylic acids is 1. The fraction of sp³-hybridized carbons (Fsp3) is 0.500. The molecule has 2 heteroatoms. The maximum Gasteiger partial charge on any atom is 0.132 e. The number of benzene rings is 1. The molecule has 1 nitrogen and oxygen atoms in total. The SMILES string of the molecule is CC[Si]1(c2ccc(C)cc2)CCC(=O)CC1. The number of Topliss-reactive ketones (excluding diaryl/α,β-unsaturated/α-hetero) is 1. The van der Waals surface area contributed by atoms with Gasteiger partial charge in [-0.25, -0.2) is 0 Å². The first-order valence-electron chi connectivity index (χ1n) is 6.25. The minimum absolute atomic E-state index is 0.476. The molecule has 1 fully saturated rings. The molecule has 0 spiro atoms. The summed E-state index contributed by atoms with van der Waals surface area (Å²) in [5.41, 5.74) is 1.33. The molecular weight excluding hydrogens is 212 g/mol. The van der Waals surface area contributed by atoms with Crippen LogP contribution >= 0.6 is 0 Å². The third kappa shape index (κ3) is 2.12. The highest BCUT2D eigenvalue weighted by molar-refractivity contribution is 6.92. The highest BCUT2D eigenvalue weighted by Gasteiger charge is 2.36. The summed E-state index contributed by atoms with van der Waals surface area (Å²) in [5, 5.41) is 1.56. The number of aryl methyl sites for hydroxylation is 1. The van der Waals surface area contributed by atoms with Gasteiger partial charge in [-0.3, -0.25) is 4.79 Å². The van der Waals surface area contributed by atoms with E-state index >= 15 is 0 Å². The van der Waals surface area contributed by atoms with Crippen molar-refractivity contribution >= 4 is 19.0 Å². The molecule has 86 valence electrons. The molecule has 16 heavy (non-hydrogen) atoms. The van der Waals surface area contributed by atoms with Crippen molar-refractivity contribution < 1.29 is 4.79 Å². The van der Waals surface area contributed by atoms with Gasteiger partial charge in [0.1, 0.15) is 5.78 Å². The van der Waals surface area contributed by atoms with Crippen LogP contribution in [0.4, 0.5) is 0 Å². The summed E-state index contributed by atoms with van der Waals surface area (Å²) < 4.78 is 0. The molecule has 1 saturated heterocycles. The molecule has 0 N–H and O–H groups in total. The van der Waals surface area contributed by atoms with Crippen molar-refractivity contribution in [2.75, 3.05) is 0 Å². The van der Waals surface area contributed by atoms with Crippen LogP contribution in [0.3, 0.4) is 0 Å². The third-order valence-electron chi connectivity index (χ3n) is 4.11. The van der Waals surface area contributed by atoms with E-state index in [1.54, 1.807) is 5.19 Å². The Balaban J connectivity index is 2.27. The van der Waals surface area contributed by atoms with Crippen LogP contribution < -0.4 is 5.19 Å². The molecule has 0 atom stereocenters. The quantitative estimate of drug-likeness (QED) is 0.716. The molecule has 0 amide bonds. The second-order valence-corrected chi connectivity index (χ2v) is 9.88. The fourth-order valence-corrected chi connectivity index (χ4v) is 7.09. The average molecular weight is 232 g/mol. The van der Waals surface area contributed by atoms with Gasteiger partial charge in [-0.05, 0) is 19.0 Å². The van der Waals surface area contributed by atoms with E-state index in [-0.39, 0.29) is 0 Å². The van der Waals surface area contributed by atoms with Gasteiger partial charge in [0.25, 0.3) is 0 Å². The highest BCUT2D eigenvalue weighted by Crippen LogP contribution is 2.29. The lowest BCUT2D eigenvalue weighted by molar-refractivity contribution is -0.118.